The van der Waals surface area contributed by atoms with E-state index in [9.17, 15) is 0 Å². The van der Waals surface area contributed by atoms with Gasteiger partial charge in [-0.1, -0.05) is 69.3 Å². The number of rotatable bonds is 12. The van der Waals surface area contributed by atoms with Crippen LogP contribution >= 0.6 is 0 Å². The maximum Gasteiger partial charge on any atom is 0.368 e. The molecule has 0 aromatic heterocycles. The van der Waals surface area contributed by atoms with Crippen molar-refractivity contribution >= 4 is 47.9 Å². The molecule has 5 aromatic carbocycles. The van der Waals surface area contributed by atoms with E-state index in [2.05, 4.69) is 158 Å². The predicted molar refractivity (Wildman–Crippen MR) is 189 cm³/mol. The predicted octanol–water partition coefficient (Wildman–Crippen LogP) is 9.89. The van der Waals surface area contributed by atoms with Crippen LogP contribution in [0.4, 0.5) is 34.1 Å². The Balaban J connectivity index is 1.56. The first kappa shape index (κ1) is 31.3. The summed E-state index contributed by atoms with van der Waals surface area (Å²) in [7, 11) is 1.03. The van der Waals surface area contributed by atoms with Gasteiger partial charge in [-0.25, -0.2) is 0 Å². The zero-order chi connectivity index (χ0) is 31.1. The summed E-state index contributed by atoms with van der Waals surface area (Å²) in [5.41, 5.74) is 10.7. The van der Waals surface area contributed by atoms with E-state index in [4.69, 9.17) is 8.85 Å². The smallest absolute Gasteiger partial charge is 0.368 e. The van der Waals surface area contributed by atoms with E-state index in [-0.39, 0.29) is 0 Å². The van der Waals surface area contributed by atoms with Gasteiger partial charge in [-0.15, -0.1) is 0 Å². The molecule has 0 heterocycles. The molecular formula is C39H44N2O2Si. The molecule has 4 nitrogen and oxygen atoms in total. The fourth-order valence-corrected chi connectivity index (χ4v) is 6.93. The minimum absolute atomic E-state index is 1.01. The molecule has 0 fully saturated rings. The van der Waals surface area contributed by atoms with Crippen molar-refractivity contribution in [3.8, 4) is 0 Å². The van der Waals surface area contributed by atoms with Gasteiger partial charge < -0.3 is 18.7 Å². The first-order valence-electron chi connectivity index (χ1n) is 15.6. The first-order valence-corrected chi connectivity index (χ1v) is 17.9. The molecular weight excluding hydrogens is 557 g/mol. The summed E-state index contributed by atoms with van der Waals surface area (Å²) in [4.78, 5) is 4.64. The second kappa shape index (κ2) is 14.1. The Labute approximate surface area is 264 Å². The number of hydrogen-bond acceptors (Lipinski definition) is 4. The fraction of sp³-hybridized carbons (Fsp3) is 0.231. The molecule has 0 saturated carbocycles. The lowest BCUT2D eigenvalue weighted by Crippen LogP contribution is -2.49. The summed E-state index contributed by atoms with van der Waals surface area (Å²) in [5.74, 6) is 0. The normalized spacial score (nSPS) is 11.4. The summed E-state index contributed by atoms with van der Waals surface area (Å²) in [5, 5.41) is 1.10. The van der Waals surface area contributed by atoms with Gasteiger partial charge in [0.1, 0.15) is 0 Å². The minimum atomic E-state index is -2.42. The lowest BCUT2D eigenvalue weighted by molar-refractivity contribution is 0.265. The Hall–Kier alpha value is -4.16. The Bertz CT molecular complexity index is 1560. The molecule has 0 spiro atoms. The quantitative estimate of drug-likeness (QED) is 0.133. The average molecular weight is 601 g/mol. The number of nitrogens with zero attached hydrogens (tertiary/aromatic N) is 2. The second-order valence-electron chi connectivity index (χ2n) is 11.1. The Morgan fingerprint density at radius 1 is 0.409 bits per heavy atom. The number of hydrogen-bond donors (Lipinski definition) is 0. The first-order chi connectivity index (χ1) is 21.4. The van der Waals surface area contributed by atoms with E-state index >= 15 is 0 Å². The van der Waals surface area contributed by atoms with Crippen LogP contribution in [0.2, 0.25) is 6.55 Å². The van der Waals surface area contributed by atoms with Crippen LogP contribution < -0.4 is 15.0 Å². The molecule has 0 aliphatic carbocycles. The highest BCUT2D eigenvalue weighted by atomic mass is 28.4. The van der Waals surface area contributed by atoms with Crippen molar-refractivity contribution in [3.63, 3.8) is 0 Å². The fourth-order valence-electron chi connectivity index (χ4n) is 5.52. The molecule has 0 unspecified atom stereocenters. The zero-order valence-electron chi connectivity index (χ0n) is 26.9. The van der Waals surface area contributed by atoms with Crippen LogP contribution in [0.15, 0.2) is 121 Å². The van der Waals surface area contributed by atoms with E-state index in [1.807, 2.05) is 0 Å². The van der Waals surface area contributed by atoms with Gasteiger partial charge in [-0.3, -0.25) is 0 Å². The van der Waals surface area contributed by atoms with E-state index in [0.717, 1.165) is 58.6 Å². The van der Waals surface area contributed by atoms with Crippen molar-refractivity contribution in [2.24, 2.45) is 0 Å². The van der Waals surface area contributed by atoms with E-state index in [1.54, 1.807) is 14.2 Å². The molecule has 5 rings (SSSR count). The van der Waals surface area contributed by atoms with Crippen molar-refractivity contribution in [3.05, 3.63) is 138 Å². The van der Waals surface area contributed by atoms with Crippen LogP contribution in [-0.2, 0) is 28.1 Å². The largest absolute Gasteiger partial charge is 0.394 e. The SMILES string of the molecule is CCc1ccc(N(c2ccc(CC)cc2)c2ccc(N(c3ccc(CC)cc3)c3ccc([Si](C)(OC)OC)cc3)cc2)cc1. The van der Waals surface area contributed by atoms with E-state index in [1.165, 1.54) is 16.7 Å². The van der Waals surface area contributed by atoms with Crippen LogP contribution in [0.3, 0.4) is 0 Å². The summed E-state index contributed by atoms with van der Waals surface area (Å²) in [6.07, 6.45) is 3.05. The third kappa shape index (κ3) is 6.65. The highest BCUT2D eigenvalue weighted by Crippen LogP contribution is 2.39. The lowest BCUT2D eigenvalue weighted by Gasteiger charge is -2.29. The van der Waals surface area contributed by atoms with Crippen LogP contribution in [0.25, 0.3) is 0 Å². The van der Waals surface area contributed by atoms with Gasteiger partial charge in [-0.2, -0.15) is 0 Å². The zero-order valence-corrected chi connectivity index (χ0v) is 27.9. The van der Waals surface area contributed by atoms with Gasteiger partial charge in [-0.05, 0) is 120 Å². The number of aryl methyl sites for hydroxylation is 3. The Morgan fingerprint density at radius 3 is 0.864 bits per heavy atom. The van der Waals surface area contributed by atoms with Crippen LogP contribution in [0.1, 0.15) is 37.5 Å². The van der Waals surface area contributed by atoms with E-state index < -0.39 is 8.56 Å². The van der Waals surface area contributed by atoms with Gasteiger partial charge in [0.25, 0.3) is 0 Å². The molecule has 226 valence electrons. The maximum atomic E-state index is 5.80. The monoisotopic (exact) mass is 600 g/mol. The standard InChI is InChI=1S/C39H44N2O2Si/c1-7-30-10-16-33(17-11-30)40(34-18-12-31(8-2)13-19-34)36-22-24-37(25-23-36)41(35-20-14-32(9-3)15-21-35)38-26-28-39(29-27-38)44(6,42-4)43-5/h10-29H,7-9H2,1-6H3. The molecule has 0 amide bonds. The van der Waals surface area contributed by atoms with Crippen LogP contribution in [0.5, 0.6) is 0 Å². The Morgan fingerprint density at radius 2 is 0.636 bits per heavy atom. The van der Waals surface area contributed by atoms with Crippen LogP contribution in [-0.4, -0.2) is 22.8 Å². The van der Waals surface area contributed by atoms with Gasteiger partial charge in [0.05, 0.1) is 0 Å². The van der Waals surface area contributed by atoms with Crippen molar-refractivity contribution in [1.82, 2.24) is 0 Å². The summed E-state index contributed by atoms with van der Waals surface area (Å²) >= 11 is 0. The molecule has 0 radical (unpaired) electrons. The molecule has 44 heavy (non-hydrogen) atoms. The van der Waals surface area contributed by atoms with Gasteiger partial charge >= 0.3 is 8.56 Å². The summed E-state index contributed by atoms with van der Waals surface area (Å²) in [6.45, 7) is 8.65. The molecule has 0 aliphatic heterocycles. The minimum Gasteiger partial charge on any atom is -0.394 e. The molecule has 0 saturated heterocycles. The molecule has 5 aromatic rings. The van der Waals surface area contributed by atoms with Crippen molar-refractivity contribution < 1.29 is 8.85 Å². The molecule has 5 heteroatoms. The lowest BCUT2D eigenvalue weighted by atomic mass is 10.1. The second-order valence-corrected chi connectivity index (χ2v) is 14.4. The highest BCUT2D eigenvalue weighted by molar-refractivity contribution is 6.79. The van der Waals surface area contributed by atoms with E-state index in [0.29, 0.717) is 0 Å². The van der Waals surface area contributed by atoms with Gasteiger partial charge in [0, 0.05) is 48.3 Å². The summed E-state index contributed by atoms with van der Waals surface area (Å²) < 4.78 is 11.6. The Kier molecular flexibility index (Phi) is 10.0. The highest BCUT2D eigenvalue weighted by Gasteiger charge is 2.31. The van der Waals surface area contributed by atoms with Crippen LogP contribution in [0, 0.1) is 0 Å². The van der Waals surface area contributed by atoms with Crippen molar-refractivity contribution in [2.45, 2.75) is 46.6 Å². The number of anilines is 6. The maximum absolute atomic E-state index is 5.80. The molecule has 0 aliphatic rings. The molecule has 0 N–H and O–H groups in total. The third-order valence-electron chi connectivity index (χ3n) is 8.60. The number of benzene rings is 5. The molecule has 0 atom stereocenters. The van der Waals surface area contributed by atoms with Crippen molar-refractivity contribution in [1.29, 1.82) is 0 Å². The van der Waals surface area contributed by atoms with Gasteiger partial charge in [0.2, 0.25) is 0 Å². The molecule has 0 bridgehead atoms. The topological polar surface area (TPSA) is 24.9 Å². The van der Waals surface area contributed by atoms with Crippen molar-refractivity contribution in [2.75, 3.05) is 24.0 Å². The average Bonchev–Trinajstić information content (AvgIpc) is 3.10. The third-order valence-corrected chi connectivity index (χ3v) is 11.5. The summed E-state index contributed by atoms with van der Waals surface area (Å²) in [6, 6.07) is 44.1. The van der Waals surface area contributed by atoms with Gasteiger partial charge in [0.15, 0.2) is 0 Å².